The van der Waals surface area contributed by atoms with Crippen LogP contribution in [-0.2, 0) is 14.9 Å². The second-order valence-electron chi connectivity index (χ2n) is 10.9. The summed E-state index contributed by atoms with van der Waals surface area (Å²) < 4.78 is 5.44. The minimum absolute atomic E-state index is 0.0171. The number of nitrogens with zero attached hydrogens (tertiary/aromatic N) is 8. The third-order valence-corrected chi connectivity index (χ3v) is 8.68. The molecule has 1 spiro atoms. The third kappa shape index (κ3) is 3.54. The summed E-state index contributed by atoms with van der Waals surface area (Å²) in [6, 6.07) is 7.93. The van der Waals surface area contributed by atoms with E-state index in [0.29, 0.717) is 31.7 Å². The van der Waals surface area contributed by atoms with Gasteiger partial charge in [0.2, 0.25) is 5.91 Å². The summed E-state index contributed by atoms with van der Waals surface area (Å²) in [6.45, 7) is 6.68. The lowest BCUT2D eigenvalue weighted by atomic mass is 9.66. The van der Waals surface area contributed by atoms with Crippen molar-refractivity contribution in [1.29, 1.82) is 10.5 Å². The molecule has 4 aliphatic rings. The lowest BCUT2D eigenvalue weighted by Gasteiger charge is -2.48. The SMILES string of the molecule is C[C@@H]1CN(c2ncnc3c2C2(CCC2)CN3c2cc(C#N)ccn2)[C@@H](C)CN1C(=O)[C@@]1(C#N)CCOC1. The van der Waals surface area contributed by atoms with Gasteiger partial charge in [0.05, 0.1) is 24.3 Å². The molecule has 1 amide bonds. The number of fused-ring (bicyclic) bond motifs is 2. The monoisotopic (exact) mass is 498 g/mol. The normalized spacial score (nSPS) is 27.9. The number of carbonyl (C=O) groups is 1. The van der Waals surface area contributed by atoms with Gasteiger partial charge in [-0.05, 0) is 38.8 Å². The number of ether oxygens (including phenoxy) is 1. The van der Waals surface area contributed by atoms with Crippen molar-refractivity contribution in [3.05, 3.63) is 35.8 Å². The molecule has 0 N–H and O–H groups in total. The summed E-state index contributed by atoms with van der Waals surface area (Å²) in [6.07, 6.45) is 7.00. The van der Waals surface area contributed by atoms with Crippen LogP contribution in [0.3, 0.4) is 0 Å². The number of carbonyl (C=O) groups excluding carboxylic acids is 1. The van der Waals surface area contributed by atoms with Crippen molar-refractivity contribution < 1.29 is 9.53 Å². The average molecular weight is 499 g/mol. The quantitative estimate of drug-likeness (QED) is 0.628. The third-order valence-electron chi connectivity index (χ3n) is 8.68. The summed E-state index contributed by atoms with van der Waals surface area (Å²) in [7, 11) is 0. The van der Waals surface area contributed by atoms with Crippen molar-refractivity contribution in [2.75, 3.05) is 42.6 Å². The molecule has 3 atom stereocenters. The molecule has 5 heterocycles. The number of hydrogen-bond donors (Lipinski definition) is 0. The van der Waals surface area contributed by atoms with Gasteiger partial charge < -0.3 is 19.4 Å². The van der Waals surface area contributed by atoms with E-state index < -0.39 is 5.41 Å². The van der Waals surface area contributed by atoms with Crippen LogP contribution in [0.2, 0.25) is 0 Å². The van der Waals surface area contributed by atoms with E-state index in [2.05, 4.69) is 33.8 Å². The Labute approximate surface area is 216 Å². The van der Waals surface area contributed by atoms with Crippen LogP contribution >= 0.6 is 0 Å². The lowest BCUT2D eigenvalue weighted by Crippen LogP contribution is -2.61. The first kappa shape index (κ1) is 23.6. The van der Waals surface area contributed by atoms with E-state index >= 15 is 0 Å². The number of rotatable bonds is 3. The molecule has 190 valence electrons. The number of hydrogen-bond acceptors (Lipinski definition) is 9. The highest BCUT2D eigenvalue weighted by Gasteiger charge is 2.53. The summed E-state index contributed by atoms with van der Waals surface area (Å²) in [5.41, 5.74) is 0.606. The lowest BCUT2D eigenvalue weighted by molar-refractivity contribution is -0.142. The van der Waals surface area contributed by atoms with Gasteiger partial charge in [0.25, 0.3) is 0 Å². The van der Waals surface area contributed by atoms with Crippen molar-refractivity contribution >= 4 is 23.4 Å². The second kappa shape index (κ2) is 8.67. The molecule has 0 unspecified atom stereocenters. The largest absolute Gasteiger partial charge is 0.379 e. The van der Waals surface area contributed by atoms with Gasteiger partial charge in [-0.25, -0.2) is 15.0 Å². The molecule has 1 aliphatic carbocycles. The molecule has 2 saturated heterocycles. The van der Waals surface area contributed by atoms with Gasteiger partial charge in [0.15, 0.2) is 5.41 Å². The Morgan fingerprint density at radius 1 is 1.11 bits per heavy atom. The van der Waals surface area contributed by atoms with Crippen molar-refractivity contribution in [3.63, 3.8) is 0 Å². The topological polar surface area (TPSA) is 122 Å². The second-order valence-corrected chi connectivity index (χ2v) is 10.9. The smallest absolute Gasteiger partial charge is 0.245 e. The number of anilines is 3. The molecule has 3 aliphatic heterocycles. The van der Waals surface area contributed by atoms with Crippen LogP contribution in [0.1, 0.15) is 50.7 Å². The van der Waals surface area contributed by atoms with Gasteiger partial charge >= 0.3 is 0 Å². The van der Waals surface area contributed by atoms with Crippen LogP contribution in [0.4, 0.5) is 17.5 Å². The van der Waals surface area contributed by atoms with E-state index in [-0.39, 0.29) is 30.0 Å². The standard InChI is InChI=1S/C27H30N8O2/c1-18-13-34(25(36)27(14-29)7-9-37-16-27)19(2)12-33(18)23-22-24(32-17-31-23)35(15-26(22)5-3-6-26)21-10-20(11-28)4-8-30-21/h4,8,10,17-19H,3,5-7,9,12-13,15-16H2,1-2H3/t18-,19+,27+/m0/s1. The van der Waals surface area contributed by atoms with E-state index in [4.69, 9.17) is 14.7 Å². The molecule has 10 heteroatoms. The maximum Gasteiger partial charge on any atom is 0.245 e. The number of nitriles is 2. The number of aromatic nitrogens is 3. The predicted molar refractivity (Wildman–Crippen MR) is 135 cm³/mol. The molecule has 10 nitrogen and oxygen atoms in total. The van der Waals surface area contributed by atoms with Crippen LogP contribution in [0.5, 0.6) is 0 Å². The summed E-state index contributed by atoms with van der Waals surface area (Å²) in [5, 5.41) is 19.2. The first-order valence-electron chi connectivity index (χ1n) is 13.0. The molecule has 1 saturated carbocycles. The molecule has 6 rings (SSSR count). The zero-order chi connectivity index (χ0) is 25.8. The van der Waals surface area contributed by atoms with E-state index in [9.17, 15) is 15.3 Å². The molecule has 37 heavy (non-hydrogen) atoms. The van der Waals surface area contributed by atoms with E-state index in [1.54, 1.807) is 18.6 Å². The Bertz CT molecular complexity index is 1320. The van der Waals surface area contributed by atoms with Crippen LogP contribution in [0.15, 0.2) is 24.7 Å². The number of pyridine rings is 1. The summed E-state index contributed by atoms with van der Waals surface area (Å²) >= 11 is 0. The Balaban J connectivity index is 1.34. The molecular weight excluding hydrogens is 468 g/mol. The molecule has 2 aromatic heterocycles. The molecule has 0 radical (unpaired) electrons. The van der Waals surface area contributed by atoms with E-state index in [1.165, 1.54) is 0 Å². The van der Waals surface area contributed by atoms with Crippen LogP contribution in [0, 0.1) is 28.1 Å². The summed E-state index contributed by atoms with van der Waals surface area (Å²) in [4.78, 5) is 33.9. The highest BCUT2D eigenvalue weighted by Crippen LogP contribution is 2.56. The van der Waals surface area contributed by atoms with E-state index in [0.717, 1.165) is 48.8 Å². The fraction of sp³-hybridized carbons (Fsp3) is 0.556. The van der Waals surface area contributed by atoms with Gasteiger partial charge in [0.1, 0.15) is 23.8 Å². The van der Waals surface area contributed by atoms with Crippen molar-refractivity contribution in [3.8, 4) is 12.1 Å². The zero-order valence-corrected chi connectivity index (χ0v) is 21.2. The summed E-state index contributed by atoms with van der Waals surface area (Å²) in [5.74, 6) is 2.39. The average Bonchev–Trinajstić information content (AvgIpc) is 3.53. The van der Waals surface area contributed by atoms with Crippen molar-refractivity contribution in [2.24, 2.45) is 5.41 Å². The minimum atomic E-state index is -1.08. The highest BCUT2D eigenvalue weighted by molar-refractivity contribution is 5.86. The molecule has 0 bridgehead atoms. The zero-order valence-electron chi connectivity index (χ0n) is 21.2. The van der Waals surface area contributed by atoms with Crippen molar-refractivity contribution in [2.45, 2.75) is 57.0 Å². The van der Waals surface area contributed by atoms with Gasteiger partial charge in [0, 0.05) is 61.9 Å². The predicted octanol–water partition coefficient (Wildman–Crippen LogP) is 2.67. The maximum absolute atomic E-state index is 13.5. The Kier molecular flexibility index (Phi) is 5.54. The Morgan fingerprint density at radius 3 is 2.59 bits per heavy atom. The molecular formula is C27H30N8O2. The van der Waals surface area contributed by atoms with Crippen LogP contribution in [0.25, 0.3) is 0 Å². The Morgan fingerprint density at radius 2 is 1.92 bits per heavy atom. The molecule has 0 aromatic carbocycles. The fourth-order valence-corrected chi connectivity index (χ4v) is 6.41. The molecule has 3 fully saturated rings. The van der Waals surface area contributed by atoms with Gasteiger partial charge in [-0.3, -0.25) is 4.79 Å². The van der Waals surface area contributed by atoms with Gasteiger partial charge in [-0.1, -0.05) is 6.42 Å². The fourth-order valence-electron chi connectivity index (χ4n) is 6.41. The Hall–Kier alpha value is -3.76. The van der Waals surface area contributed by atoms with Gasteiger partial charge in [-0.2, -0.15) is 10.5 Å². The van der Waals surface area contributed by atoms with Crippen LogP contribution < -0.4 is 9.80 Å². The highest BCUT2D eigenvalue weighted by atomic mass is 16.5. The minimum Gasteiger partial charge on any atom is -0.379 e. The maximum atomic E-state index is 13.5. The first-order valence-corrected chi connectivity index (χ1v) is 13.0. The van der Waals surface area contributed by atoms with Crippen LogP contribution in [-0.4, -0.2) is 70.7 Å². The molecule has 2 aromatic rings. The van der Waals surface area contributed by atoms with Crippen molar-refractivity contribution in [1.82, 2.24) is 19.9 Å². The number of amides is 1. The first-order chi connectivity index (χ1) is 17.9. The number of piperazine rings is 1. The van der Waals surface area contributed by atoms with E-state index in [1.807, 2.05) is 17.9 Å². The van der Waals surface area contributed by atoms with Gasteiger partial charge in [-0.15, -0.1) is 0 Å².